The normalized spacial score (nSPS) is 11.5. The van der Waals surface area contributed by atoms with Gasteiger partial charge in [-0.3, -0.25) is 9.10 Å². The Balaban J connectivity index is 2.23. The quantitative estimate of drug-likeness (QED) is 0.835. The van der Waals surface area contributed by atoms with E-state index in [0.717, 1.165) is 21.7 Å². The predicted molar refractivity (Wildman–Crippen MR) is 107 cm³/mol. The molecule has 1 amide bonds. The van der Waals surface area contributed by atoms with Crippen molar-refractivity contribution in [1.82, 2.24) is 0 Å². The maximum atomic E-state index is 12.5. The minimum Gasteiger partial charge on any atom is -0.325 e. The fourth-order valence-corrected chi connectivity index (χ4v) is 3.81. The molecule has 6 heteroatoms. The van der Waals surface area contributed by atoms with Crippen molar-refractivity contribution in [2.24, 2.45) is 0 Å². The third kappa shape index (κ3) is 4.85. The Morgan fingerprint density at radius 1 is 1.04 bits per heavy atom. The smallest absolute Gasteiger partial charge is 0.245 e. The minimum atomic E-state index is -3.60. The molecule has 2 aromatic carbocycles. The highest BCUT2D eigenvalue weighted by Gasteiger charge is 2.23. The molecule has 0 heterocycles. The molecule has 0 aromatic heterocycles. The van der Waals surface area contributed by atoms with E-state index in [2.05, 4.69) is 19.2 Å². The number of amides is 1. The van der Waals surface area contributed by atoms with E-state index in [1.54, 1.807) is 0 Å². The lowest BCUT2D eigenvalue weighted by atomic mass is 10.0. The Labute approximate surface area is 156 Å². The van der Waals surface area contributed by atoms with Gasteiger partial charge < -0.3 is 5.32 Å². The molecule has 0 unspecified atom stereocenters. The Bertz CT molecular complexity index is 868. The van der Waals surface area contributed by atoms with E-state index in [1.807, 2.05) is 56.3 Å². The van der Waals surface area contributed by atoms with Crippen LogP contribution in [-0.4, -0.2) is 27.1 Å². The summed E-state index contributed by atoms with van der Waals surface area (Å²) in [5.74, 6) is 0.0277. The largest absolute Gasteiger partial charge is 0.325 e. The molecule has 0 atom stereocenters. The summed E-state index contributed by atoms with van der Waals surface area (Å²) in [4.78, 5) is 12.5. The van der Waals surface area contributed by atoms with E-state index in [1.165, 1.54) is 5.56 Å². The van der Waals surface area contributed by atoms with Gasteiger partial charge in [0.25, 0.3) is 0 Å². The van der Waals surface area contributed by atoms with Crippen LogP contribution in [0.3, 0.4) is 0 Å². The van der Waals surface area contributed by atoms with Crippen LogP contribution >= 0.6 is 0 Å². The molecule has 5 nitrogen and oxygen atoms in total. The second kappa shape index (κ2) is 7.91. The van der Waals surface area contributed by atoms with Crippen molar-refractivity contribution in [2.45, 2.75) is 33.6 Å². The molecule has 1 N–H and O–H groups in total. The highest BCUT2D eigenvalue weighted by Crippen LogP contribution is 2.26. The average Bonchev–Trinajstić information content (AvgIpc) is 2.53. The van der Waals surface area contributed by atoms with Gasteiger partial charge in [0.15, 0.2) is 0 Å². The molecule has 0 saturated heterocycles. The van der Waals surface area contributed by atoms with Gasteiger partial charge in [0.1, 0.15) is 6.54 Å². The van der Waals surface area contributed by atoms with Crippen LogP contribution in [0.1, 0.15) is 36.5 Å². The summed E-state index contributed by atoms with van der Waals surface area (Å²) in [6, 6.07) is 13.1. The van der Waals surface area contributed by atoms with Gasteiger partial charge in [-0.05, 0) is 48.6 Å². The number of aryl methyl sites for hydroxylation is 2. The Kier molecular flexibility index (Phi) is 6.08. The van der Waals surface area contributed by atoms with Crippen LogP contribution in [0.15, 0.2) is 42.5 Å². The van der Waals surface area contributed by atoms with Crippen molar-refractivity contribution in [3.63, 3.8) is 0 Å². The van der Waals surface area contributed by atoms with E-state index in [-0.39, 0.29) is 12.5 Å². The standard InChI is InChI=1S/C20H26N2O3S/c1-14(2)17-9-11-18(12-10-17)21-19(23)13-22(26(5,24)25)20-15(3)7-6-8-16(20)4/h6-12,14H,13H2,1-5H3,(H,21,23). The number of anilines is 2. The molecule has 140 valence electrons. The van der Waals surface area contributed by atoms with Gasteiger partial charge in [0.05, 0.1) is 11.9 Å². The van der Waals surface area contributed by atoms with Crippen LogP contribution < -0.4 is 9.62 Å². The van der Waals surface area contributed by atoms with Crippen LogP contribution in [0.2, 0.25) is 0 Å². The number of hydrogen-bond donors (Lipinski definition) is 1. The van der Waals surface area contributed by atoms with Crippen molar-refractivity contribution in [2.75, 3.05) is 22.4 Å². The third-order valence-electron chi connectivity index (χ3n) is 4.24. The molecular formula is C20H26N2O3S. The maximum Gasteiger partial charge on any atom is 0.245 e. The lowest BCUT2D eigenvalue weighted by molar-refractivity contribution is -0.114. The monoisotopic (exact) mass is 374 g/mol. The molecule has 2 rings (SSSR count). The summed E-state index contributed by atoms with van der Waals surface area (Å²) >= 11 is 0. The highest BCUT2D eigenvalue weighted by atomic mass is 32.2. The van der Waals surface area contributed by atoms with Crippen molar-refractivity contribution in [1.29, 1.82) is 0 Å². The van der Waals surface area contributed by atoms with Crippen LogP contribution in [0.5, 0.6) is 0 Å². The zero-order valence-electron chi connectivity index (χ0n) is 15.9. The summed E-state index contributed by atoms with van der Waals surface area (Å²) < 4.78 is 25.7. The molecular weight excluding hydrogens is 348 g/mol. The molecule has 0 aliphatic carbocycles. The fourth-order valence-electron chi connectivity index (χ4n) is 2.84. The Morgan fingerprint density at radius 3 is 2.04 bits per heavy atom. The first kappa shape index (κ1) is 20.0. The third-order valence-corrected chi connectivity index (χ3v) is 5.35. The van der Waals surface area contributed by atoms with E-state index < -0.39 is 10.0 Å². The lowest BCUT2D eigenvalue weighted by Gasteiger charge is -2.25. The molecule has 0 fully saturated rings. The summed E-state index contributed by atoms with van der Waals surface area (Å²) in [7, 11) is -3.60. The van der Waals surface area contributed by atoms with E-state index >= 15 is 0 Å². The van der Waals surface area contributed by atoms with Crippen molar-refractivity contribution < 1.29 is 13.2 Å². The van der Waals surface area contributed by atoms with Crippen molar-refractivity contribution in [3.05, 3.63) is 59.2 Å². The van der Waals surface area contributed by atoms with Crippen LogP contribution in [0, 0.1) is 13.8 Å². The van der Waals surface area contributed by atoms with Gasteiger partial charge in [-0.2, -0.15) is 0 Å². The maximum absolute atomic E-state index is 12.5. The minimum absolute atomic E-state index is 0.267. The summed E-state index contributed by atoms with van der Waals surface area (Å²) in [6.07, 6.45) is 1.11. The SMILES string of the molecule is Cc1cccc(C)c1N(CC(=O)Nc1ccc(C(C)C)cc1)S(C)(=O)=O. The van der Waals surface area contributed by atoms with Gasteiger partial charge in [-0.25, -0.2) is 8.42 Å². The average molecular weight is 375 g/mol. The summed E-state index contributed by atoms with van der Waals surface area (Å²) in [6.45, 7) is 7.60. The fraction of sp³-hybridized carbons (Fsp3) is 0.350. The van der Waals surface area contributed by atoms with Gasteiger partial charge in [-0.15, -0.1) is 0 Å². The zero-order valence-corrected chi connectivity index (χ0v) is 16.7. The summed E-state index contributed by atoms with van der Waals surface area (Å²) in [5.41, 5.74) is 4.00. The van der Waals surface area contributed by atoms with Gasteiger partial charge >= 0.3 is 0 Å². The number of nitrogens with one attached hydrogen (secondary N) is 1. The number of rotatable bonds is 6. The van der Waals surface area contributed by atoms with Gasteiger partial charge in [-0.1, -0.05) is 44.2 Å². The second-order valence-corrected chi connectivity index (χ2v) is 8.74. The number of carbonyl (C=O) groups is 1. The summed E-state index contributed by atoms with van der Waals surface area (Å²) in [5, 5.41) is 2.77. The number of para-hydroxylation sites is 1. The second-order valence-electron chi connectivity index (χ2n) is 6.83. The molecule has 2 aromatic rings. The predicted octanol–water partition coefficient (Wildman–Crippen LogP) is 3.83. The molecule has 0 saturated carbocycles. The van der Waals surface area contributed by atoms with E-state index in [4.69, 9.17) is 0 Å². The topological polar surface area (TPSA) is 66.5 Å². The van der Waals surface area contributed by atoms with Crippen molar-refractivity contribution >= 4 is 27.3 Å². The van der Waals surface area contributed by atoms with E-state index in [0.29, 0.717) is 17.3 Å². The van der Waals surface area contributed by atoms with Crippen LogP contribution in [0.4, 0.5) is 11.4 Å². The number of carbonyl (C=O) groups excluding carboxylic acids is 1. The number of sulfonamides is 1. The molecule has 26 heavy (non-hydrogen) atoms. The number of benzene rings is 2. The first-order valence-electron chi connectivity index (χ1n) is 8.53. The lowest BCUT2D eigenvalue weighted by Crippen LogP contribution is -2.38. The first-order valence-corrected chi connectivity index (χ1v) is 10.4. The molecule has 0 radical (unpaired) electrons. The van der Waals surface area contributed by atoms with Gasteiger partial charge in [0.2, 0.25) is 15.9 Å². The van der Waals surface area contributed by atoms with Crippen LogP contribution in [0.25, 0.3) is 0 Å². The molecule has 0 bridgehead atoms. The van der Waals surface area contributed by atoms with Gasteiger partial charge in [0, 0.05) is 5.69 Å². The molecule has 0 aliphatic heterocycles. The zero-order chi connectivity index (χ0) is 19.5. The Morgan fingerprint density at radius 2 is 1.58 bits per heavy atom. The Hall–Kier alpha value is -2.34. The van der Waals surface area contributed by atoms with Crippen LogP contribution in [-0.2, 0) is 14.8 Å². The first-order chi connectivity index (χ1) is 12.1. The van der Waals surface area contributed by atoms with E-state index in [9.17, 15) is 13.2 Å². The highest BCUT2D eigenvalue weighted by molar-refractivity contribution is 7.92. The van der Waals surface area contributed by atoms with Crippen molar-refractivity contribution in [3.8, 4) is 0 Å². The number of hydrogen-bond acceptors (Lipinski definition) is 3. The molecule has 0 spiro atoms. The molecule has 0 aliphatic rings. The number of nitrogens with zero attached hydrogens (tertiary/aromatic N) is 1.